The second-order valence-corrected chi connectivity index (χ2v) is 5.42. The second kappa shape index (κ2) is 6.13. The number of nitrogens with one attached hydrogen (secondary N) is 3. The zero-order valence-electron chi connectivity index (χ0n) is 11.9. The van der Waals surface area contributed by atoms with Crippen molar-refractivity contribution in [3.63, 3.8) is 0 Å². The largest absolute Gasteiger partial charge is 0.336 e. The van der Waals surface area contributed by atoms with Gasteiger partial charge < -0.3 is 16.0 Å². The van der Waals surface area contributed by atoms with Gasteiger partial charge in [-0.3, -0.25) is 9.69 Å². The van der Waals surface area contributed by atoms with E-state index in [1.807, 2.05) is 24.3 Å². The topological polar surface area (TPSA) is 73.5 Å². The molecule has 1 aromatic carbocycles. The molecule has 3 N–H and O–H groups in total. The summed E-state index contributed by atoms with van der Waals surface area (Å²) in [6, 6.07) is 7.22. The van der Waals surface area contributed by atoms with Crippen molar-refractivity contribution in [3.8, 4) is 0 Å². The monoisotopic (exact) mass is 288 g/mol. The van der Waals surface area contributed by atoms with Gasteiger partial charge in [0.15, 0.2) is 0 Å². The van der Waals surface area contributed by atoms with Crippen molar-refractivity contribution in [1.29, 1.82) is 0 Å². The van der Waals surface area contributed by atoms with E-state index in [0.717, 1.165) is 37.2 Å². The fourth-order valence-electron chi connectivity index (χ4n) is 2.75. The van der Waals surface area contributed by atoms with E-state index in [2.05, 4.69) is 16.0 Å². The Morgan fingerprint density at radius 2 is 2.00 bits per heavy atom. The van der Waals surface area contributed by atoms with Crippen molar-refractivity contribution in [2.24, 2.45) is 0 Å². The number of hydrogen-bond acceptors (Lipinski definition) is 3. The molecule has 0 unspecified atom stereocenters. The molecule has 2 heterocycles. The number of anilines is 2. The molecule has 0 saturated carbocycles. The number of carbonyl (C=O) groups excluding carboxylic acids is 2. The summed E-state index contributed by atoms with van der Waals surface area (Å²) in [5, 5.41) is 8.91. The summed E-state index contributed by atoms with van der Waals surface area (Å²) in [4.78, 5) is 25.4. The molecule has 1 atom stereocenters. The Labute approximate surface area is 123 Å². The van der Waals surface area contributed by atoms with Crippen molar-refractivity contribution < 1.29 is 9.59 Å². The van der Waals surface area contributed by atoms with Gasteiger partial charge in [0.1, 0.15) is 0 Å². The van der Waals surface area contributed by atoms with Gasteiger partial charge >= 0.3 is 6.03 Å². The minimum absolute atomic E-state index is 0.0152. The minimum Gasteiger partial charge on any atom is -0.336 e. The summed E-state index contributed by atoms with van der Waals surface area (Å²) >= 11 is 0. The van der Waals surface area contributed by atoms with E-state index in [1.165, 1.54) is 0 Å². The van der Waals surface area contributed by atoms with Crippen molar-refractivity contribution in [1.82, 2.24) is 10.6 Å². The molecule has 6 nitrogen and oxygen atoms in total. The van der Waals surface area contributed by atoms with E-state index in [9.17, 15) is 9.59 Å². The maximum Gasteiger partial charge on any atom is 0.321 e. The van der Waals surface area contributed by atoms with E-state index in [0.29, 0.717) is 13.1 Å². The predicted octanol–water partition coefficient (Wildman–Crippen LogP) is 1.30. The third-order valence-corrected chi connectivity index (χ3v) is 3.93. The van der Waals surface area contributed by atoms with Crippen LogP contribution in [0.3, 0.4) is 0 Å². The van der Waals surface area contributed by atoms with E-state index >= 15 is 0 Å². The third kappa shape index (κ3) is 3.16. The predicted molar refractivity (Wildman–Crippen MR) is 81.5 cm³/mol. The Morgan fingerprint density at radius 1 is 1.19 bits per heavy atom. The average molecular weight is 288 g/mol. The number of hydrogen-bond donors (Lipinski definition) is 3. The Kier molecular flexibility index (Phi) is 4.06. The van der Waals surface area contributed by atoms with Crippen LogP contribution in [0.1, 0.15) is 19.3 Å². The normalized spacial score (nSPS) is 22.0. The number of amides is 3. The van der Waals surface area contributed by atoms with Crippen LogP contribution in [0.5, 0.6) is 0 Å². The molecule has 112 valence electrons. The number of carbonyl (C=O) groups is 2. The van der Waals surface area contributed by atoms with Crippen LogP contribution in [-0.2, 0) is 4.79 Å². The highest BCUT2D eigenvalue weighted by atomic mass is 16.2. The molecule has 2 aliphatic rings. The molecule has 6 heteroatoms. The quantitative estimate of drug-likeness (QED) is 0.785. The van der Waals surface area contributed by atoms with Gasteiger partial charge in [-0.1, -0.05) is 6.42 Å². The summed E-state index contributed by atoms with van der Waals surface area (Å²) in [6.07, 6.45) is 3.11. The number of urea groups is 1. The van der Waals surface area contributed by atoms with E-state index < -0.39 is 0 Å². The molecule has 0 bridgehead atoms. The Morgan fingerprint density at radius 3 is 2.62 bits per heavy atom. The van der Waals surface area contributed by atoms with E-state index in [4.69, 9.17) is 0 Å². The molecule has 21 heavy (non-hydrogen) atoms. The van der Waals surface area contributed by atoms with Gasteiger partial charge in [0.25, 0.3) is 0 Å². The van der Waals surface area contributed by atoms with Crippen LogP contribution >= 0.6 is 0 Å². The first kappa shape index (κ1) is 13.9. The maximum absolute atomic E-state index is 12.1. The fourth-order valence-corrected chi connectivity index (χ4v) is 2.75. The van der Waals surface area contributed by atoms with Gasteiger partial charge in [-0.15, -0.1) is 0 Å². The number of rotatable bonds is 3. The molecule has 1 aromatic rings. The molecule has 0 aromatic heterocycles. The molecule has 0 radical (unpaired) electrons. The van der Waals surface area contributed by atoms with Gasteiger partial charge in [0, 0.05) is 24.5 Å². The smallest absolute Gasteiger partial charge is 0.321 e. The van der Waals surface area contributed by atoms with E-state index in [-0.39, 0.29) is 18.0 Å². The van der Waals surface area contributed by atoms with Gasteiger partial charge in [-0.2, -0.15) is 0 Å². The fraction of sp³-hybridized carbons (Fsp3) is 0.467. The molecule has 2 aliphatic heterocycles. The number of benzene rings is 1. The second-order valence-electron chi connectivity index (χ2n) is 5.42. The molecule has 0 aliphatic carbocycles. The van der Waals surface area contributed by atoms with Crippen molar-refractivity contribution >= 4 is 23.3 Å². The Bertz CT molecular complexity index is 523. The third-order valence-electron chi connectivity index (χ3n) is 3.93. The summed E-state index contributed by atoms with van der Waals surface area (Å²) in [5.41, 5.74) is 1.61. The molecule has 3 amide bonds. The maximum atomic E-state index is 12.1. The molecule has 2 saturated heterocycles. The van der Waals surface area contributed by atoms with Crippen LogP contribution in [0.4, 0.5) is 16.2 Å². The lowest BCUT2D eigenvalue weighted by molar-refractivity contribution is -0.118. The molecular formula is C15H20N4O2. The zero-order chi connectivity index (χ0) is 14.7. The van der Waals surface area contributed by atoms with Crippen LogP contribution < -0.4 is 20.9 Å². The summed E-state index contributed by atoms with van der Waals surface area (Å²) < 4.78 is 0. The van der Waals surface area contributed by atoms with Crippen LogP contribution in [0.25, 0.3) is 0 Å². The first-order valence-corrected chi connectivity index (χ1v) is 7.44. The molecule has 3 rings (SSSR count). The lowest BCUT2D eigenvalue weighted by Crippen LogP contribution is -2.43. The van der Waals surface area contributed by atoms with Gasteiger partial charge in [0.2, 0.25) is 5.91 Å². The van der Waals surface area contributed by atoms with Crippen molar-refractivity contribution in [2.75, 3.05) is 29.9 Å². The van der Waals surface area contributed by atoms with Gasteiger partial charge in [-0.25, -0.2) is 4.79 Å². The van der Waals surface area contributed by atoms with Gasteiger partial charge in [-0.05, 0) is 43.7 Å². The minimum atomic E-state index is -0.0946. The number of nitrogens with zero attached hydrogens (tertiary/aromatic N) is 1. The van der Waals surface area contributed by atoms with Gasteiger partial charge in [0.05, 0.1) is 6.04 Å². The van der Waals surface area contributed by atoms with E-state index in [1.54, 1.807) is 4.90 Å². The Hall–Kier alpha value is -2.08. The van der Waals surface area contributed by atoms with Crippen LogP contribution in [0.2, 0.25) is 0 Å². The lowest BCUT2D eigenvalue weighted by Gasteiger charge is -2.22. The molecule has 2 fully saturated rings. The van der Waals surface area contributed by atoms with Crippen LogP contribution in [0, 0.1) is 0 Å². The van der Waals surface area contributed by atoms with Crippen LogP contribution in [0.15, 0.2) is 24.3 Å². The highest BCUT2D eigenvalue weighted by molar-refractivity contribution is 5.96. The van der Waals surface area contributed by atoms with Crippen molar-refractivity contribution in [3.05, 3.63) is 24.3 Å². The molecular weight excluding hydrogens is 268 g/mol. The SMILES string of the molecule is O=C(Nc1ccc(N2CCNC2=O)cc1)[C@H]1CCCCN1. The lowest BCUT2D eigenvalue weighted by atomic mass is 10.0. The average Bonchev–Trinajstić information content (AvgIpc) is 2.95. The standard InChI is InChI=1S/C15H20N4O2/c20-14(13-3-1-2-8-16-13)18-11-4-6-12(7-5-11)19-10-9-17-15(19)21/h4-7,13,16H,1-3,8-10H2,(H,17,21)(H,18,20)/t13-/m1/s1. The summed E-state index contributed by atoms with van der Waals surface area (Å²) in [7, 11) is 0. The summed E-state index contributed by atoms with van der Waals surface area (Å²) in [5.74, 6) is 0.0152. The highest BCUT2D eigenvalue weighted by Gasteiger charge is 2.22. The molecule has 0 spiro atoms. The zero-order valence-corrected chi connectivity index (χ0v) is 11.9. The number of piperidine rings is 1. The first-order chi connectivity index (χ1) is 10.2. The van der Waals surface area contributed by atoms with Crippen molar-refractivity contribution in [2.45, 2.75) is 25.3 Å². The summed E-state index contributed by atoms with van der Waals surface area (Å²) in [6.45, 7) is 2.25. The Balaban J connectivity index is 1.61. The van der Waals surface area contributed by atoms with Crippen LogP contribution in [-0.4, -0.2) is 37.6 Å². The first-order valence-electron chi connectivity index (χ1n) is 7.44. The highest BCUT2D eigenvalue weighted by Crippen LogP contribution is 2.20.